The Morgan fingerprint density at radius 1 is 1.07 bits per heavy atom. The minimum Gasteiger partial charge on any atom is -0.491 e. The van der Waals surface area contributed by atoms with Crippen LogP contribution in [-0.2, 0) is 24.0 Å². The van der Waals surface area contributed by atoms with E-state index in [0.29, 0.717) is 16.9 Å². The van der Waals surface area contributed by atoms with Crippen molar-refractivity contribution in [2.75, 3.05) is 25.2 Å². The molecule has 1 aromatic carbocycles. The number of amides is 4. The zero-order valence-corrected chi connectivity index (χ0v) is 24.3. The quantitative estimate of drug-likeness (QED) is 0.179. The second kappa shape index (κ2) is 10.7. The Balaban J connectivity index is 1.63. The van der Waals surface area contributed by atoms with Gasteiger partial charge in [0.2, 0.25) is 11.8 Å². The minimum absolute atomic E-state index is 0.0273. The summed E-state index contributed by atoms with van der Waals surface area (Å²) in [6.45, 7) is -0.319. The molecule has 13 heteroatoms. The molecule has 5 rings (SSSR count). The molecule has 1 aromatic rings. The molecule has 0 bridgehead atoms. The number of aliphatic carboxylic acids is 1. The first-order valence-electron chi connectivity index (χ1n) is 12.9. The van der Waals surface area contributed by atoms with Gasteiger partial charge in [-0.15, -0.1) is 23.2 Å². The standard InChI is InChI=1S/C27H27BrCl2N2O8/c28-13-32-24(38)26(29)12-17-14(7-8-16-20(17)23(37)31(22(16)36)9-3-6-19(34)35)21(27(26,30)25(32)39)15-4-1-2-5-18(15)40-11-10-33/h1-2,4-5,7,16-17,20-21,33H,3,6,8-13H2,(H,34,35)/t16-,17+,20-,21+,26+,27-/m0/s1. The van der Waals surface area contributed by atoms with E-state index in [-0.39, 0.29) is 56.8 Å². The van der Waals surface area contributed by atoms with Crippen molar-refractivity contribution >= 4 is 68.7 Å². The van der Waals surface area contributed by atoms with Crippen LogP contribution in [0.25, 0.3) is 0 Å². The monoisotopic (exact) mass is 656 g/mol. The molecule has 4 aliphatic rings. The number of nitrogens with zero attached hydrogens (tertiary/aromatic N) is 2. The van der Waals surface area contributed by atoms with Crippen LogP contribution in [0.1, 0.15) is 37.2 Å². The molecule has 0 unspecified atom stereocenters. The van der Waals surface area contributed by atoms with Crippen LogP contribution in [0.2, 0.25) is 0 Å². The molecule has 6 atom stereocenters. The molecular weight excluding hydrogens is 631 g/mol. The predicted molar refractivity (Wildman–Crippen MR) is 146 cm³/mol. The number of carboxylic acid groups (broad SMARTS) is 1. The summed E-state index contributed by atoms with van der Waals surface area (Å²) in [6.07, 6.45) is 1.81. The van der Waals surface area contributed by atoms with Crippen LogP contribution >= 0.6 is 39.1 Å². The normalized spacial score (nSPS) is 33.0. The number of aliphatic hydroxyl groups is 1. The van der Waals surface area contributed by atoms with Crippen molar-refractivity contribution in [1.29, 1.82) is 0 Å². The highest BCUT2D eigenvalue weighted by Gasteiger charge is 2.76. The number of aliphatic hydroxyl groups excluding tert-OH is 1. The Kier molecular flexibility index (Phi) is 7.80. The summed E-state index contributed by atoms with van der Waals surface area (Å²) in [5.41, 5.74) is 0.963. The van der Waals surface area contributed by atoms with Crippen molar-refractivity contribution in [2.45, 2.75) is 41.3 Å². The van der Waals surface area contributed by atoms with Crippen LogP contribution in [0, 0.1) is 17.8 Å². The van der Waals surface area contributed by atoms with Crippen LogP contribution in [-0.4, -0.2) is 84.6 Å². The number of benzene rings is 1. The lowest BCUT2D eigenvalue weighted by molar-refractivity contribution is -0.142. The first-order valence-corrected chi connectivity index (χ1v) is 14.8. The van der Waals surface area contributed by atoms with Crippen LogP contribution in [0.3, 0.4) is 0 Å². The van der Waals surface area contributed by atoms with Gasteiger partial charge in [-0.2, -0.15) is 0 Å². The average Bonchev–Trinajstić information content (AvgIpc) is 3.25. The van der Waals surface area contributed by atoms with Gasteiger partial charge in [0.25, 0.3) is 11.8 Å². The number of ether oxygens (including phenoxy) is 1. The number of hydrogen-bond acceptors (Lipinski definition) is 7. The van der Waals surface area contributed by atoms with Gasteiger partial charge < -0.3 is 14.9 Å². The van der Waals surface area contributed by atoms with Crippen molar-refractivity contribution in [2.24, 2.45) is 17.8 Å². The maximum atomic E-state index is 13.8. The number of hydrogen-bond donors (Lipinski definition) is 2. The summed E-state index contributed by atoms with van der Waals surface area (Å²) in [6, 6.07) is 6.82. The zero-order chi connectivity index (χ0) is 29.0. The number of likely N-dealkylation sites (tertiary alicyclic amines) is 2. The molecule has 0 spiro atoms. The number of fused-ring (bicyclic) bond motifs is 4. The SMILES string of the molecule is O=C(O)CCCN1C(=O)[C@H]2[C@H](CC=C3[C@H]2C[C@@]2(Cl)C(=O)N(CBr)C(=O)[C@@]2(Cl)[C@H]3c2ccccc2OCCO)C1=O. The largest absolute Gasteiger partial charge is 0.491 e. The zero-order valence-electron chi connectivity index (χ0n) is 21.2. The fourth-order valence-corrected chi connectivity index (χ4v) is 8.20. The molecule has 2 saturated heterocycles. The summed E-state index contributed by atoms with van der Waals surface area (Å²) in [4.78, 5) is 63.7. The Morgan fingerprint density at radius 3 is 2.48 bits per heavy atom. The molecular formula is C27H27BrCl2N2O8. The lowest BCUT2D eigenvalue weighted by Crippen LogP contribution is -2.60. The van der Waals surface area contributed by atoms with E-state index >= 15 is 0 Å². The highest BCUT2D eigenvalue weighted by atomic mass is 79.9. The van der Waals surface area contributed by atoms with E-state index in [2.05, 4.69) is 15.9 Å². The summed E-state index contributed by atoms with van der Waals surface area (Å²) >= 11 is 17.6. The Bertz CT molecular complexity index is 1320. The van der Waals surface area contributed by atoms with E-state index in [1.165, 1.54) is 0 Å². The molecule has 214 valence electrons. The lowest BCUT2D eigenvalue weighted by atomic mass is 9.56. The van der Waals surface area contributed by atoms with Crippen LogP contribution < -0.4 is 4.74 Å². The Morgan fingerprint density at radius 2 is 1.80 bits per heavy atom. The minimum atomic E-state index is -1.96. The summed E-state index contributed by atoms with van der Waals surface area (Å²) in [5.74, 6) is -6.11. The van der Waals surface area contributed by atoms with Gasteiger partial charge in [0.1, 0.15) is 12.4 Å². The molecule has 3 fully saturated rings. The van der Waals surface area contributed by atoms with Gasteiger partial charge in [-0.25, -0.2) is 0 Å². The third kappa shape index (κ3) is 4.11. The number of rotatable bonds is 9. The van der Waals surface area contributed by atoms with Gasteiger partial charge in [-0.05, 0) is 31.2 Å². The third-order valence-corrected chi connectivity index (χ3v) is 10.4. The van der Waals surface area contributed by atoms with Crippen molar-refractivity contribution in [1.82, 2.24) is 9.80 Å². The maximum absolute atomic E-state index is 13.8. The molecule has 4 amide bonds. The second-order valence-corrected chi connectivity index (χ2v) is 12.2. The van der Waals surface area contributed by atoms with Gasteiger partial charge >= 0.3 is 5.97 Å². The lowest BCUT2D eigenvalue weighted by Gasteiger charge is -2.51. The highest BCUT2D eigenvalue weighted by molar-refractivity contribution is 9.09. The Hall–Kier alpha value is -2.47. The molecule has 2 aliphatic heterocycles. The summed E-state index contributed by atoms with van der Waals surface area (Å²) in [7, 11) is 0. The molecule has 0 radical (unpaired) electrons. The average molecular weight is 658 g/mol. The number of allylic oxidation sites excluding steroid dienone is 2. The Labute approximate surface area is 248 Å². The van der Waals surface area contributed by atoms with E-state index in [1.54, 1.807) is 24.3 Å². The van der Waals surface area contributed by atoms with Gasteiger partial charge in [0.15, 0.2) is 9.75 Å². The fraction of sp³-hybridized carbons (Fsp3) is 0.519. The molecule has 2 aliphatic carbocycles. The number of halogens is 3. The molecule has 0 aromatic heterocycles. The van der Waals surface area contributed by atoms with Gasteiger partial charge in [0, 0.05) is 24.4 Å². The van der Waals surface area contributed by atoms with Crippen molar-refractivity contribution in [3.63, 3.8) is 0 Å². The van der Waals surface area contributed by atoms with Crippen LogP contribution in [0.5, 0.6) is 5.75 Å². The number of carbonyl (C=O) groups is 5. The van der Waals surface area contributed by atoms with E-state index < -0.39 is 57.1 Å². The second-order valence-electron chi connectivity index (χ2n) is 10.4. The van der Waals surface area contributed by atoms with Crippen molar-refractivity contribution in [3.05, 3.63) is 41.5 Å². The van der Waals surface area contributed by atoms with E-state index in [1.807, 2.05) is 6.08 Å². The molecule has 40 heavy (non-hydrogen) atoms. The number of imide groups is 2. The van der Waals surface area contributed by atoms with E-state index in [9.17, 15) is 29.1 Å². The molecule has 2 N–H and O–H groups in total. The predicted octanol–water partition coefficient (Wildman–Crippen LogP) is 2.63. The number of carbonyl (C=O) groups excluding carboxylic acids is 4. The van der Waals surface area contributed by atoms with Gasteiger partial charge in [-0.3, -0.25) is 33.8 Å². The van der Waals surface area contributed by atoms with E-state index in [0.717, 1.165) is 9.80 Å². The smallest absolute Gasteiger partial charge is 0.303 e. The highest BCUT2D eigenvalue weighted by Crippen LogP contribution is 2.66. The summed E-state index contributed by atoms with van der Waals surface area (Å²) < 4.78 is 5.79. The number of alkyl halides is 3. The first kappa shape index (κ1) is 29.0. The molecule has 2 heterocycles. The van der Waals surface area contributed by atoms with Crippen molar-refractivity contribution < 1.29 is 38.9 Å². The topological polar surface area (TPSA) is 142 Å². The number of carboxylic acids is 1. The van der Waals surface area contributed by atoms with E-state index in [4.69, 9.17) is 33.0 Å². The maximum Gasteiger partial charge on any atom is 0.303 e. The third-order valence-electron chi connectivity index (χ3n) is 8.46. The molecule has 1 saturated carbocycles. The van der Waals surface area contributed by atoms with Gasteiger partial charge in [0.05, 0.1) is 23.9 Å². The fourth-order valence-electron chi connectivity index (χ4n) is 6.78. The molecule has 10 nitrogen and oxygen atoms in total. The van der Waals surface area contributed by atoms with Crippen molar-refractivity contribution in [3.8, 4) is 5.75 Å². The van der Waals surface area contributed by atoms with Gasteiger partial charge in [-0.1, -0.05) is 45.8 Å². The summed E-state index contributed by atoms with van der Waals surface area (Å²) in [5, 5.41) is 18.4. The van der Waals surface area contributed by atoms with Crippen LogP contribution in [0.15, 0.2) is 35.9 Å². The first-order chi connectivity index (χ1) is 19.0. The number of para-hydroxylation sites is 1. The van der Waals surface area contributed by atoms with Crippen LogP contribution in [0.4, 0.5) is 0 Å².